The molecule has 0 unspecified atom stereocenters. The highest BCUT2D eigenvalue weighted by atomic mass is 19.1. The van der Waals surface area contributed by atoms with E-state index in [9.17, 15) is 18.4 Å². The molecule has 0 saturated heterocycles. The molecule has 0 N–H and O–H groups in total. The molecule has 0 aliphatic rings. The molecule has 0 fully saturated rings. The van der Waals surface area contributed by atoms with Gasteiger partial charge in [-0.15, -0.1) is 0 Å². The number of ether oxygens (including phenoxy) is 2. The van der Waals surface area contributed by atoms with Gasteiger partial charge in [-0.25, -0.2) is 8.78 Å². The standard InChI is InChI=1S/C20H28F2O4/c1-2-3-4-5-6-7-13-25-19(23)9-8-10-20(24)26-15-16-14-17(21)11-12-18(16)22/h11-12,14H,2-10,13,15H2,1H3. The number of halogens is 2. The first-order valence-corrected chi connectivity index (χ1v) is 9.28. The van der Waals surface area contributed by atoms with Crippen LogP contribution in [0.25, 0.3) is 0 Å². The summed E-state index contributed by atoms with van der Waals surface area (Å²) in [5, 5.41) is 0. The fourth-order valence-corrected chi connectivity index (χ4v) is 2.40. The van der Waals surface area contributed by atoms with Crippen molar-refractivity contribution in [1.29, 1.82) is 0 Å². The molecule has 1 aromatic rings. The molecule has 146 valence electrons. The van der Waals surface area contributed by atoms with Gasteiger partial charge < -0.3 is 9.47 Å². The van der Waals surface area contributed by atoms with E-state index in [0.717, 1.165) is 37.5 Å². The van der Waals surface area contributed by atoms with Crippen molar-refractivity contribution in [2.45, 2.75) is 71.3 Å². The smallest absolute Gasteiger partial charge is 0.306 e. The van der Waals surface area contributed by atoms with Gasteiger partial charge in [-0.2, -0.15) is 0 Å². The Morgan fingerprint density at radius 2 is 1.54 bits per heavy atom. The molecule has 1 rings (SSSR count). The summed E-state index contributed by atoms with van der Waals surface area (Å²) in [5.41, 5.74) is -0.0169. The van der Waals surface area contributed by atoms with E-state index in [1.807, 2.05) is 0 Å². The average molecular weight is 370 g/mol. The lowest BCUT2D eigenvalue weighted by Crippen LogP contribution is -2.09. The molecular formula is C20H28F2O4. The Hall–Kier alpha value is -1.98. The third-order valence-electron chi connectivity index (χ3n) is 3.92. The maximum atomic E-state index is 13.4. The summed E-state index contributed by atoms with van der Waals surface area (Å²) in [5.74, 6) is -2.11. The Labute approximate surface area is 153 Å². The van der Waals surface area contributed by atoms with Crippen molar-refractivity contribution in [2.24, 2.45) is 0 Å². The number of hydrogen-bond donors (Lipinski definition) is 0. The minimum Gasteiger partial charge on any atom is -0.466 e. The van der Waals surface area contributed by atoms with Crippen molar-refractivity contribution in [2.75, 3.05) is 6.61 Å². The first-order chi connectivity index (χ1) is 12.5. The molecule has 0 bridgehead atoms. The van der Waals surface area contributed by atoms with Gasteiger partial charge in [-0.3, -0.25) is 9.59 Å². The minimum absolute atomic E-state index is 0.0169. The third-order valence-corrected chi connectivity index (χ3v) is 3.92. The van der Waals surface area contributed by atoms with Crippen molar-refractivity contribution >= 4 is 11.9 Å². The molecule has 0 heterocycles. The number of hydrogen-bond acceptors (Lipinski definition) is 4. The summed E-state index contributed by atoms with van der Waals surface area (Å²) >= 11 is 0. The Bertz CT molecular complexity index is 561. The van der Waals surface area contributed by atoms with E-state index in [1.165, 1.54) is 19.3 Å². The van der Waals surface area contributed by atoms with Crippen LogP contribution < -0.4 is 0 Å². The second-order valence-corrected chi connectivity index (χ2v) is 6.24. The summed E-state index contributed by atoms with van der Waals surface area (Å²) in [6, 6.07) is 2.97. The molecule has 0 saturated carbocycles. The van der Waals surface area contributed by atoms with Gasteiger partial charge in [0.15, 0.2) is 0 Å². The fourth-order valence-electron chi connectivity index (χ4n) is 2.40. The quantitative estimate of drug-likeness (QED) is 0.359. The normalized spacial score (nSPS) is 10.6. The van der Waals surface area contributed by atoms with E-state index in [2.05, 4.69) is 6.92 Å². The molecule has 4 nitrogen and oxygen atoms in total. The van der Waals surface area contributed by atoms with Crippen LogP contribution in [0.1, 0.15) is 70.3 Å². The second kappa shape index (κ2) is 13.3. The van der Waals surface area contributed by atoms with Crippen molar-refractivity contribution in [3.05, 3.63) is 35.4 Å². The van der Waals surface area contributed by atoms with Crippen LogP contribution in [0.15, 0.2) is 18.2 Å². The number of esters is 2. The van der Waals surface area contributed by atoms with Gasteiger partial charge in [-0.05, 0) is 31.0 Å². The highest BCUT2D eigenvalue weighted by molar-refractivity contribution is 5.72. The number of unbranched alkanes of at least 4 members (excludes halogenated alkanes) is 5. The van der Waals surface area contributed by atoms with E-state index < -0.39 is 17.6 Å². The van der Waals surface area contributed by atoms with E-state index in [4.69, 9.17) is 9.47 Å². The number of rotatable bonds is 13. The van der Waals surface area contributed by atoms with Gasteiger partial charge >= 0.3 is 11.9 Å². The maximum absolute atomic E-state index is 13.4. The van der Waals surface area contributed by atoms with Crippen LogP contribution in [-0.2, 0) is 25.7 Å². The number of carbonyl (C=O) groups excluding carboxylic acids is 2. The Balaban J connectivity index is 2.06. The van der Waals surface area contributed by atoms with Gasteiger partial charge in [0.2, 0.25) is 0 Å². The molecule has 26 heavy (non-hydrogen) atoms. The van der Waals surface area contributed by atoms with Crippen LogP contribution in [0.4, 0.5) is 8.78 Å². The number of benzene rings is 1. The van der Waals surface area contributed by atoms with E-state index in [0.29, 0.717) is 13.0 Å². The fraction of sp³-hybridized carbons (Fsp3) is 0.600. The topological polar surface area (TPSA) is 52.6 Å². The SMILES string of the molecule is CCCCCCCCOC(=O)CCCC(=O)OCc1cc(F)ccc1F. The van der Waals surface area contributed by atoms with Crippen LogP contribution in [0, 0.1) is 11.6 Å². The molecular weight excluding hydrogens is 342 g/mol. The molecule has 0 aliphatic heterocycles. The van der Waals surface area contributed by atoms with Crippen LogP contribution in [-0.4, -0.2) is 18.5 Å². The molecule has 0 radical (unpaired) electrons. The molecule has 0 aromatic heterocycles. The van der Waals surface area contributed by atoms with E-state index in [1.54, 1.807) is 0 Å². The van der Waals surface area contributed by atoms with Crippen molar-refractivity contribution < 1.29 is 27.8 Å². The van der Waals surface area contributed by atoms with Crippen LogP contribution in [0.3, 0.4) is 0 Å². The highest BCUT2D eigenvalue weighted by Crippen LogP contribution is 2.12. The van der Waals surface area contributed by atoms with Crippen molar-refractivity contribution in [3.8, 4) is 0 Å². The van der Waals surface area contributed by atoms with Crippen molar-refractivity contribution in [3.63, 3.8) is 0 Å². The van der Waals surface area contributed by atoms with Crippen LogP contribution >= 0.6 is 0 Å². The maximum Gasteiger partial charge on any atom is 0.306 e. The lowest BCUT2D eigenvalue weighted by molar-refractivity contribution is -0.146. The molecule has 0 atom stereocenters. The zero-order chi connectivity index (χ0) is 19.2. The zero-order valence-corrected chi connectivity index (χ0v) is 15.4. The summed E-state index contributed by atoms with van der Waals surface area (Å²) in [6.45, 7) is 2.25. The average Bonchev–Trinajstić information content (AvgIpc) is 2.61. The first kappa shape index (κ1) is 22.1. The summed E-state index contributed by atoms with van der Waals surface area (Å²) in [6.07, 6.45) is 7.20. The summed E-state index contributed by atoms with van der Waals surface area (Å²) in [7, 11) is 0. The van der Waals surface area contributed by atoms with Gasteiger partial charge in [0.05, 0.1) is 6.61 Å². The molecule has 6 heteroatoms. The molecule has 0 aliphatic carbocycles. The van der Waals surface area contributed by atoms with E-state index >= 15 is 0 Å². The van der Waals surface area contributed by atoms with Crippen LogP contribution in [0.2, 0.25) is 0 Å². The predicted molar refractivity (Wildman–Crippen MR) is 94.3 cm³/mol. The summed E-state index contributed by atoms with van der Waals surface area (Å²) < 4.78 is 36.4. The van der Waals surface area contributed by atoms with Gasteiger partial charge in [-0.1, -0.05) is 39.0 Å². The second-order valence-electron chi connectivity index (χ2n) is 6.24. The Morgan fingerprint density at radius 3 is 2.27 bits per heavy atom. The predicted octanol–water partition coefficient (Wildman–Crippen LogP) is 5.08. The Morgan fingerprint density at radius 1 is 0.885 bits per heavy atom. The lowest BCUT2D eigenvalue weighted by Gasteiger charge is -2.07. The first-order valence-electron chi connectivity index (χ1n) is 9.28. The lowest BCUT2D eigenvalue weighted by atomic mass is 10.1. The van der Waals surface area contributed by atoms with E-state index in [-0.39, 0.29) is 31.0 Å². The molecule has 0 spiro atoms. The molecule has 0 amide bonds. The Kier molecular flexibility index (Phi) is 11.2. The third kappa shape index (κ3) is 10.1. The van der Waals surface area contributed by atoms with Crippen LogP contribution in [0.5, 0.6) is 0 Å². The van der Waals surface area contributed by atoms with Gasteiger partial charge in [0.25, 0.3) is 0 Å². The number of carbonyl (C=O) groups is 2. The monoisotopic (exact) mass is 370 g/mol. The van der Waals surface area contributed by atoms with Crippen molar-refractivity contribution in [1.82, 2.24) is 0 Å². The highest BCUT2D eigenvalue weighted by Gasteiger charge is 2.10. The minimum atomic E-state index is -0.627. The summed E-state index contributed by atoms with van der Waals surface area (Å²) in [4.78, 5) is 23.1. The van der Waals surface area contributed by atoms with Gasteiger partial charge in [0.1, 0.15) is 18.2 Å². The molecule has 1 aromatic carbocycles. The largest absolute Gasteiger partial charge is 0.466 e. The van der Waals surface area contributed by atoms with Gasteiger partial charge in [0, 0.05) is 18.4 Å². The zero-order valence-electron chi connectivity index (χ0n) is 15.4.